The van der Waals surface area contributed by atoms with Crippen LogP contribution in [-0.4, -0.2) is 40.5 Å². The van der Waals surface area contributed by atoms with E-state index in [1.807, 2.05) is 24.3 Å². The Morgan fingerprint density at radius 1 is 1.04 bits per heavy atom. The molecule has 2 N–H and O–H groups in total. The largest absolute Gasteiger partial charge is 0.508 e. The van der Waals surface area contributed by atoms with E-state index in [0.717, 1.165) is 43.6 Å². The molecule has 2 aliphatic rings. The summed E-state index contributed by atoms with van der Waals surface area (Å²) in [5, 5.41) is 14.2. The van der Waals surface area contributed by atoms with E-state index in [0.29, 0.717) is 11.8 Å². The van der Waals surface area contributed by atoms with Crippen LogP contribution >= 0.6 is 0 Å². The van der Waals surface area contributed by atoms with E-state index in [1.165, 1.54) is 5.56 Å². The van der Waals surface area contributed by atoms with Gasteiger partial charge in [0.1, 0.15) is 11.4 Å². The standard InChI is InChI=1S/C23H29N3O/c1-17(2)26-14-12-23(13-15-26)24-20(18-8-4-3-5-9-18)16-21(25-23)19-10-6-7-11-22(19)27/h3-11,17,21,25,27H,12-16H2,1-2H3. The monoisotopic (exact) mass is 363 g/mol. The van der Waals surface area contributed by atoms with Crippen LogP contribution in [0.15, 0.2) is 59.6 Å². The lowest BCUT2D eigenvalue weighted by atomic mass is 9.87. The van der Waals surface area contributed by atoms with Gasteiger partial charge in [-0.15, -0.1) is 0 Å². The number of hydrogen-bond acceptors (Lipinski definition) is 4. The molecule has 0 radical (unpaired) electrons. The Morgan fingerprint density at radius 2 is 1.70 bits per heavy atom. The summed E-state index contributed by atoms with van der Waals surface area (Å²) in [5.74, 6) is 0.360. The quantitative estimate of drug-likeness (QED) is 0.862. The lowest BCUT2D eigenvalue weighted by Crippen LogP contribution is -2.56. The van der Waals surface area contributed by atoms with Crippen LogP contribution in [0.5, 0.6) is 5.75 Å². The van der Waals surface area contributed by atoms with Crippen molar-refractivity contribution in [2.75, 3.05) is 13.1 Å². The molecule has 4 heteroatoms. The fraction of sp³-hybridized carbons (Fsp3) is 0.435. The number of phenolic OH excluding ortho intramolecular Hbond substituents is 1. The average molecular weight is 364 g/mol. The van der Waals surface area contributed by atoms with Gasteiger partial charge in [0.2, 0.25) is 0 Å². The highest BCUT2D eigenvalue weighted by Crippen LogP contribution is 2.37. The van der Waals surface area contributed by atoms with Gasteiger partial charge in [0.15, 0.2) is 0 Å². The molecular weight excluding hydrogens is 334 g/mol. The summed E-state index contributed by atoms with van der Waals surface area (Å²) in [5.41, 5.74) is 3.04. The van der Waals surface area contributed by atoms with E-state index in [1.54, 1.807) is 6.07 Å². The van der Waals surface area contributed by atoms with Gasteiger partial charge in [-0.1, -0.05) is 48.5 Å². The maximum atomic E-state index is 10.4. The first kappa shape index (κ1) is 18.2. The van der Waals surface area contributed by atoms with Gasteiger partial charge in [-0.2, -0.15) is 0 Å². The van der Waals surface area contributed by atoms with Crippen LogP contribution in [0.25, 0.3) is 0 Å². The van der Waals surface area contributed by atoms with Gasteiger partial charge in [-0.05, 0) is 38.3 Å². The number of nitrogens with one attached hydrogen (secondary N) is 1. The molecule has 2 aromatic rings. The summed E-state index contributed by atoms with van der Waals surface area (Å²) in [7, 11) is 0. The van der Waals surface area contributed by atoms with E-state index in [-0.39, 0.29) is 11.7 Å². The zero-order chi connectivity index (χ0) is 18.9. The number of rotatable bonds is 3. The van der Waals surface area contributed by atoms with Crippen LogP contribution in [0.4, 0.5) is 0 Å². The van der Waals surface area contributed by atoms with Crippen molar-refractivity contribution in [2.24, 2.45) is 4.99 Å². The van der Waals surface area contributed by atoms with E-state index in [9.17, 15) is 5.11 Å². The first-order valence-corrected chi connectivity index (χ1v) is 10.0. The van der Waals surface area contributed by atoms with E-state index in [4.69, 9.17) is 4.99 Å². The Balaban J connectivity index is 1.68. The second-order valence-electron chi connectivity index (χ2n) is 8.05. The number of likely N-dealkylation sites (tertiary alicyclic amines) is 1. The molecule has 1 unspecified atom stereocenters. The first-order chi connectivity index (χ1) is 13.1. The summed E-state index contributed by atoms with van der Waals surface area (Å²) < 4.78 is 0. The van der Waals surface area contributed by atoms with Crippen molar-refractivity contribution < 1.29 is 5.11 Å². The van der Waals surface area contributed by atoms with Crippen molar-refractivity contribution in [3.05, 3.63) is 65.7 Å². The predicted octanol–water partition coefficient (Wildman–Crippen LogP) is 4.12. The fourth-order valence-electron chi connectivity index (χ4n) is 4.35. The molecule has 4 nitrogen and oxygen atoms in total. The summed E-state index contributed by atoms with van der Waals surface area (Å²) in [6, 6.07) is 18.8. The SMILES string of the molecule is CC(C)N1CCC2(CC1)N=C(c1ccccc1)CC(c1ccccc1O)N2. The molecule has 27 heavy (non-hydrogen) atoms. The Kier molecular flexibility index (Phi) is 5.02. The topological polar surface area (TPSA) is 47.9 Å². The van der Waals surface area contributed by atoms with Gasteiger partial charge in [-0.3, -0.25) is 10.3 Å². The Labute approximate surface area is 161 Å². The molecule has 2 aromatic carbocycles. The maximum absolute atomic E-state index is 10.4. The van der Waals surface area contributed by atoms with Crippen molar-refractivity contribution in [3.63, 3.8) is 0 Å². The van der Waals surface area contributed by atoms with Gasteiger partial charge < -0.3 is 10.0 Å². The highest BCUT2D eigenvalue weighted by molar-refractivity contribution is 6.01. The summed E-state index contributed by atoms with van der Waals surface area (Å²) >= 11 is 0. The highest BCUT2D eigenvalue weighted by Gasteiger charge is 2.40. The summed E-state index contributed by atoms with van der Waals surface area (Å²) in [6.07, 6.45) is 2.77. The zero-order valence-corrected chi connectivity index (χ0v) is 16.2. The predicted molar refractivity (Wildman–Crippen MR) is 110 cm³/mol. The first-order valence-electron chi connectivity index (χ1n) is 10.0. The van der Waals surface area contributed by atoms with Gasteiger partial charge in [0, 0.05) is 42.9 Å². The Hall–Kier alpha value is -2.17. The minimum atomic E-state index is -0.248. The van der Waals surface area contributed by atoms with Crippen molar-refractivity contribution in [1.82, 2.24) is 10.2 Å². The molecule has 0 aromatic heterocycles. The minimum absolute atomic E-state index is 0.0736. The molecule has 0 aliphatic carbocycles. The third-order valence-corrected chi connectivity index (χ3v) is 5.96. The molecule has 0 saturated carbocycles. The molecule has 1 fully saturated rings. The number of piperidine rings is 1. The maximum Gasteiger partial charge on any atom is 0.120 e. The second kappa shape index (κ2) is 7.45. The zero-order valence-electron chi connectivity index (χ0n) is 16.2. The molecule has 0 bridgehead atoms. The normalized spacial score (nSPS) is 22.8. The molecule has 2 aliphatic heterocycles. The molecule has 142 valence electrons. The summed E-state index contributed by atoms with van der Waals surface area (Å²) in [4.78, 5) is 7.76. The third-order valence-electron chi connectivity index (χ3n) is 5.96. The van der Waals surface area contributed by atoms with Crippen molar-refractivity contribution in [3.8, 4) is 5.75 Å². The van der Waals surface area contributed by atoms with E-state index < -0.39 is 0 Å². The molecule has 2 heterocycles. The van der Waals surface area contributed by atoms with Gasteiger partial charge in [0.05, 0.1) is 0 Å². The third kappa shape index (κ3) is 3.78. The van der Waals surface area contributed by atoms with Crippen molar-refractivity contribution in [1.29, 1.82) is 0 Å². The number of phenols is 1. The van der Waals surface area contributed by atoms with Crippen LogP contribution < -0.4 is 5.32 Å². The average Bonchev–Trinajstić information content (AvgIpc) is 2.69. The lowest BCUT2D eigenvalue weighted by molar-refractivity contribution is 0.103. The van der Waals surface area contributed by atoms with Crippen molar-refractivity contribution >= 4 is 5.71 Å². The van der Waals surface area contributed by atoms with E-state index >= 15 is 0 Å². The van der Waals surface area contributed by atoms with Gasteiger partial charge in [0.25, 0.3) is 0 Å². The number of nitrogens with zero attached hydrogens (tertiary/aromatic N) is 2. The van der Waals surface area contributed by atoms with Crippen LogP contribution in [0.1, 0.15) is 50.3 Å². The molecule has 1 spiro atoms. The molecular formula is C23H29N3O. The van der Waals surface area contributed by atoms with Gasteiger partial charge >= 0.3 is 0 Å². The van der Waals surface area contributed by atoms with Gasteiger partial charge in [-0.25, -0.2) is 0 Å². The lowest BCUT2D eigenvalue weighted by Gasteiger charge is -2.46. The summed E-state index contributed by atoms with van der Waals surface area (Å²) in [6.45, 7) is 6.61. The van der Waals surface area contributed by atoms with E-state index in [2.05, 4.69) is 48.3 Å². The van der Waals surface area contributed by atoms with Crippen LogP contribution in [0.3, 0.4) is 0 Å². The van der Waals surface area contributed by atoms with Crippen LogP contribution in [-0.2, 0) is 0 Å². The molecule has 1 saturated heterocycles. The highest BCUT2D eigenvalue weighted by atomic mass is 16.3. The number of benzene rings is 2. The molecule has 0 amide bonds. The number of aromatic hydroxyl groups is 1. The molecule has 1 atom stereocenters. The Morgan fingerprint density at radius 3 is 2.37 bits per heavy atom. The number of para-hydroxylation sites is 1. The van der Waals surface area contributed by atoms with Crippen LogP contribution in [0, 0.1) is 0 Å². The number of hydrogen-bond donors (Lipinski definition) is 2. The van der Waals surface area contributed by atoms with Crippen molar-refractivity contribution in [2.45, 2.75) is 50.9 Å². The minimum Gasteiger partial charge on any atom is -0.508 e. The van der Waals surface area contributed by atoms with Crippen LogP contribution in [0.2, 0.25) is 0 Å². The Bertz CT molecular complexity index is 807. The second-order valence-corrected chi connectivity index (χ2v) is 8.05. The smallest absolute Gasteiger partial charge is 0.120 e. The molecule has 4 rings (SSSR count). The number of aliphatic imine (C=N–C) groups is 1. The fourth-order valence-corrected chi connectivity index (χ4v) is 4.35.